The van der Waals surface area contributed by atoms with Gasteiger partial charge in [0.05, 0.1) is 33.0 Å². The first-order valence-electron chi connectivity index (χ1n) is 14.1. The van der Waals surface area contributed by atoms with Crippen molar-refractivity contribution in [2.45, 2.75) is 70.3 Å². The Balaban J connectivity index is 1.59. The second-order valence-electron chi connectivity index (χ2n) is 9.94. The van der Waals surface area contributed by atoms with Gasteiger partial charge in [-0.2, -0.15) is 0 Å². The first-order valence-corrected chi connectivity index (χ1v) is 14.1. The second kappa shape index (κ2) is 16.8. The van der Waals surface area contributed by atoms with Crippen molar-refractivity contribution in [3.63, 3.8) is 0 Å². The van der Waals surface area contributed by atoms with Crippen molar-refractivity contribution in [2.24, 2.45) is 0 Å². The molecule has 0 N–H and O–H groups in total. The minimum Gasteiger partial charge on any atom is -0.454 e. The molecule has 0 bridgehead atoms. The van der Waals surface area contributed by atoms with E-state index in [-0.39, 0.29) is 6.61 Å². The molecular formula is C34H40O7. The molecule has 1 fully saturated rings. The molecule has 0 aromatic heterocycles. The molecule has 0 saturated carbocycles. The molecule has 3 aromatic rings. The van der Waals surface area contributed by atoms with E-state index < -0.39 is 36.7 Å². The Bertz CT molecular complexity index is 1160. The van der Waals surface area contributed by atoms with Crippen molar-refractivity contribution in [1.29, 1.82) is 0 Å². The molecule has 7 nitrogen and oxygen atoms in total. The van der Waals surface area contributed by atoms with Gasteiger partial charge in [0, 0.05) is 6.92 Å². The molecule has 7 heteroatoms. The van der Waals surface area contributed by atoms with Crippen LogP contribution in [0.15, 0.2) is 104 Å². The van der Waals surface area contributed by atoms with Crippen molar-refractivity contribution in [1.82, 2.24) is 0 Å². The zero-order valence-corrected chi connectivity index (χ0v) is 23.6. The van der Waals surface area contributed by atoms with Gasteiger partial charge in [-0.1, -0.05) is 97.1 Å². The predicted octanol–water partition coefficient (Wildman–Crippen LogP) is 6.01. The average molecular weight is 561 g/mol. The molecule has 2 unspecified atom stereocenters. The maximum Gasteiger partial charge on any atom is 0.303 e. The second-order valence-corrected chi connectivity index (χ2v) is 9.94. The topological polar surface area (TPSA) is 72.5 Å². The van der Waals surface area contributed by atoms with Crippen LogP contribution < -0.4 is 0 Å². The maximum absolute atomic E-state index is 12.3. The van der Waals surface area contributed by atoms with Crippen LogP contribution in [0, 0.1) is 0 Å². The van der Waals surface area contributed by atoms with Gasteiger partial charge in [-0.25, -0.2) is 0 Å². The van der Waals surface area contributed by atoms with Crippen LogP contribution in [0.2, 0.25) is 0 Å². The summed E-state index contributed by atoms with van der Waals surface area (Å²) in [5.41, 5.74) is 3.05. The number of carbonyl (C=O) groups is 1. The number of rotatable bonds is 16. The Hall–Kier alpha value is -3.33. The lowest BCUT2D eigenvalue weighted by atomic mass is 9.97. The molecule has 1 aliphatic heterocycles. The van der Waals surface area contributed by atoms with Gasteiger partial charge >= 0.3 is 5.97 Å². The van der Waals surface area contributed by atoms with Crippen LogP contribution in [-0.4, -0.2) is 49.9 Å². The molecule has 0 aliphatic carbocycles. The number of hydrogen-bond donors (Lipinski definition) is 0. The van der Waals surface area contributed by atoms with E-state index in [2.05, 4.69) is 6.58 Å². The zero-order chi connectivity index (χ0) is 28.7. The van der Waals surface area contributed by atoms with E-state index in [0.29, 0.717) is 26.4 Å². The zero-order valence-electron chi connectivity index (χ0n) is 23.6. The normalized spacial score (nSPS) is 22.2. The lowest BCUT2D eigenvalue weighted by Crippen LogP contribution is -2.62. The molecule has 5 atom stereocenters. The van der Waals surface area contributed by atoms with E-state index in [1.165, 1.54) is 6.92 Å². The number of hydrogen-bond acceptors (Lipinski definition) is 7. The van der Waals surface area contributed by atoms with Gasteiger partial charge in [0.25, 0.3) is 0 Å². The lowest BCUT2D eigenvalue weighted by Gasteiger charge is -2.45. The fraction of sp³-hybridized carbons (Fsp3) is 0.382. The van der Waals surface area contributed by atoms with Crippen LogP contribution in [0.25, 0.3) is 0 Å². The fourth-order valence-electron chi connectivity index (χ4n) is 4.68. The molecule has 0 radical (unpaired) electrons. The van der Waals surface area contributed by atoms with E-state index in [1.807, 2.05) is 97.1 Å². The van der Waals surface area contributed by atoms with Crippen molar-refractivity contribution >= 4 is 5.97 Å². The summed E-state index contributed by atoms with van der Waals surface area (Å²) in [6.45, 7) is 6.84. The van der Waals surface area contributed by atoms with Gasteiger partial charge in [-0.3, -0.25) is 4.79 Å². The smallest absolute Gasteiger partial charge is 0.303 e. The van der Waals surface area contributed by atoms with Gasteiger partial charge < -0.3 is 28.4 Å². The van der Waals surface area contributed by atoms with E-state index in [9.17, 15) is 4.79 Å². The van der Waals surface area contributed by atoms with Crippen LogP contribution in [0.3, 0.4) is 0 Å². The molecule has 0 amide bonds. The molecule has 1 heterocycles. The predicted molar refractivity (Wildman–Crippen MR) is 156 cm³/mol. The van der Waals surface area contributed by atoms with Crippen LogP contribution in [0.1, 0.15) is 36.5 Å². The standard InChI is InChI=1S/C34H40O7/c1-3-4-14-21-37-34-33(40-26(2)35)32(39-24-29-19-12-7-13-20-29)31(38-23-28-17-10-6-11-18-28)30(41-34)25-36-22-27-15-8-5-9-16-27/h3,5-13,15-20,30-34H,1,4,14,21-25H2,2H3/t30?,31-,32-,33?,34+/m1/s1. The van der Waals surface area contributed by atoms with Crippen LogP contribution in [-0.2, 0) is 53.0 Å². The van der Waals surface area contributed by atoms with E-state index in [1.54, 1.807) is 0 Å². The third-order valence-corrected chi connectivity index (χ3v) is 6.69. The highest BCUT2D eigenvalue weighted by molar-refractivity contribution is 5.66. The monoisotopic (exact) mass is 560 g/mol. The number of esters is 1. The molecule has 218 valence electrons. The van der Waals surface area contributed by atoms with E-state index >= 15 is 0 Å². The van der Waals surface area contributed by atoms with Gasteiger partial charge in [-0.15, -0.1) is 6.58 Å². The van der Waals surface area contributed by atoms with Crippen molar-refractivity contribution < 1.29 is 33.2 Å². The largest absolute Gasteiger partial charge is 0.454 e. The first-order chi connectivity index (χ1) is 20.1. The Morgan fingerprint density at radius 1 is 0.756 bits per heavy atom. The highest BCUT2D eigenvalue weighted by Gasteiger charge is 2.50. The summed E-state index contributed by atoms with van der Waals surface area (Å²) in [6.07, 6.45) is -0.121. The Labute approximate surface area is 243 Å². The maximum atomic E-state index is 12.3. The van der Waals surface area contributed by atoms with Crippen molar-refractivity contribution in [3.8, 4) is 0 Å². The number of benzene rings is 3. The molecule has 1 aliphatic rings. The SMILES string of the molecule is C=CCCCO[C@H]1OC(COCc2ccccc2)[C@@H](OCc2ccccc2)[C@@H](OCc2ccccc2)C1OC(C)=O. The lowest BCUT2D eigenvalue weighted by molar-refractivity contribution is -0.321. The van der Waals surface area contributed by atoms with Gasteiger partial charge in [-0.05, 0) is 29.5 Å². The third-order valence-electron chi connectivity index (χ3n) is 6.69. The molecular weight excluding hydrogens is 520 g/mol. The molecule has 4 rings (SSSR count). The van der Waals surface area contributed by atoms with Crippen molar-refractivity contribution in [2.75, 3.05) is 13.2 Å². The van der Waals surface area contributed by atoms with E-state index in [4.69, 9.17) is 28.4 Å². The number of unbranched alkanes of at least 4 members (excludes halogenated alkanes) is 1. The van der Waals surface area contributed by atoms with Gasteiger partial charge in [0.1, 0.15) is 18.3 Å². The Kier molecular flexibility index (Phi) is 12.6. The summed E-state index contributed by atoms with van der Waals surface area (Å²) in [5, 5.41) is 0. The van der Waals surface area contributed by atoms with Gasteiger partial charge in [0.2, 0.25) is 0 Å². The number of allylic oxidation sites excluding steroid dienone is 1. The van der Waals surface area contributed by atoms with Crippen LogP contribution in [0.5, 0.6) is 0 Å². The molecule has 3 aromatic carbocycles. The highest BCUT2D eigenvalue weighted by Crippen LogP contribution is 2.31. The fourth-order valence-corrected chi connectivity index (χ4v) is 4.68. The average Bonchev–Trinajstić information content (AvgIpc) is 3.00. The molecule has 41 heavy (non-hydrogen) atoms. The Morgan fingerprint density at radius 2 is 1.29 bits per heavy atom. The summed E-state index contributed by atoms with van der Waals surface area (Å²) >= 11 is 0. The summed E-state index contributed by atoms with van der Waals surface area (Å²) in [4.78, 5) is 12.3. The third kappa shape index (κ3) is 9.92. The van der Waals surface area contributed by atoms with Gasteiger partial charge in [0.15, 0.2) is 12.4 Å². The summed E-state index contributed by atoms with van der Waals surface area (Å²) in [5.74, 6) is -0.452. The minimum absolute atomic E-state index is 0.235. The summed E-state index contributed by atoms with van der Waals surface area (Å²) < 4.78 is 37.5. The number of carbonyl (C=O) groups excluding carboxylic acids is 1. The van der Waals surface area contributed by atoms with Crippen LogP contribution in [0.4, 0.5) is 0 Å². The number of ether oxygens (including phenoxy) is 6. The first kappa shape index (κ1) is 30.6. The molecule has 1 saturated heterocycles. The Morgan fingerprint density at radius 3 is 1.83 bits per heavy atom. The molecule has 0 spiro atoms. The van der Waals surface area contributed by atoms with Crippen molar-refractivity contribution in [3.05, 3.63) is 120 Å². The minimum atomic E-state index is -0.855. The van der Waals surface area contributed by atoms with Crippen LogP contribution >= 0.6 is 0 Å². The summed E-state index contributed by atoms with van der Waals surface area (Å²) in [7, 11) is 0. The summed E-state index contributed by atoms with van der Waals surface area (Å²) in [6, 6.07) is 29.7. The highest BCUT2D eigenvalue weighted by atomic mass is 16.7. The quantitative estimate of drug-likeness (QED) is 0.121. The van der Waals surface area contributed by atoms with E-state index in [0.717, 1.165) is 29.5 Å².